The molecule has 0 saturated carbocycles. The third kappa shape index (κ3) is 4.06. The molecule has 0 fully saturated rings. The molecule has 1 aromatic heterocycles. The number of hydrogen-bond acceptors (Lipinski definition) is 4. The first-order chi connectivity index (χ1) is 12.0. The summed E-state index contributed by atoms with van der Waals surface area (Å²) < 4.78 is 13.2. The third-order valence-electron chi connectivity index (χ3n) is 3.89. The molecule has 1 amide bonds. The van der Waals surface area contributed by atoms with Crippen LogP contribution >= 0.6 is 11.3 Å². The lowest BCUT2D eigenvalue weighted by atomic mass is 10.1. The molecule has 1 atom stereocenters. The summed E-state index contributed by atoms with van der Waals surface area (Å²) in [5.41, 5.74) is 4.71. The number of halogens is 1. The molecule has 3 rings (SSSR count). The first-order valence-corrected chi connectivity index (χ1v) is 8.74. The van der Waals surface area contributed by atoms with Crippen molar-refractivity contribution in [1.29, 1.82) is 0 Å². The minimum absolute atomic E-state index is 0.0496. The second-order valence-corrected chi connectivity index (χ2v) is 6.62. The number of carbonyl (C=O) groups excluding carboxylic acids is 1. The number of aliphatic carboxylic acids is 1. The highest BCUT2D eigenvalue weighted by molar-refractivity contribution is 7.11. The number of carboxylic acids is 1. The van der Waals surface area contributed by atoms with Gasteiger partial charge in [0.05, 0.1) is 16.6 Å². The number of hydrazine groups is 1. The third-order valence-corrected chi connectivity index (χ3v) is 4.79. The monoisotopic (exact) mass is 360 g/mol. The maximum absolute atomic E-state index is 13.2. The number of nitrogens with one attached hydrogen (secondary N) is 1. The van der Waals surface area contributed by atoms with E-state index in [2.05, 4.69) is 5.43 Å². The van der Waals surface area contributed by atoms with Gasteiger partial charge in [-0.05, 0) is 41.6 Å². The maximum Gasteiger partial charge on any atom is 0.303 e. The van der Waals surface area contributed by atoms with E-state index < -0.39 is 5.97 Å². The van der Waals surface area contributed by atoms with Gasteiger partial charge < -0.3 is 5.11 Å². The SMILES string of the molecule is O=C(O)CCCC(=O)N1NC(c2cccs2)=C[C@H]1c1ccc(F)cc1. The fourth-order valence-corrected chi connectivity index (χ4v) is 3.37. The van der Waals surface area contributed by atoms with Gasteiger partial charge >= 0.3 is 5.97 Å². The van der Waals surface area contributed by atoms with Crippen molar-refractivity contribution in [2.75, 3.05) is 0 Å². The predicted molar refractivity (Wildman–Crippen MR) is 92.9 cm³/mol. The molecule has 2 heterocycles. The highest BCUT2D eigenvalue weighted by Crippen LogP contribution is 2.33. The predicted octanol–water partition coefficient (Wildman–Crippen LogP) is 3.57. The van der Waals surface area contributed by atoms with E-state index in [0.29, 0.717) is 0 Å². The maximum atomic E-state index is 13.2. The van der Waals surface area contributed by atoms with E-state index in [0.717, 1.165) is 16.1 Å². The van der Waals surface area contributed by atoms with E-state index >= 15 is 0 Å². The summed E-state index contributed by atoms with van der Waals surface area (Å²) in [7, 11) is 0. The van der Waals surface area contributed by atoms with E-state index in [1.807, 2.05) is 23.6 Å². The second kappa shape index (κ2) is 7.48. The number of benzene rings is 1. The van der Waals surface area contributed by atoms with Crippen LogP contribution in [-0.2, 0) is 9.59 Å². The topological polar surface area (TPSA) is 69.6 Å². The van der Waals surface area contributed by atoms with Crippen molar-refractivity contribution in [1.82, 2.24) is 10.4 Å². The van der Waals surface area contributed by atoms with Crippen molar-refractivity contribution in [3.8, 4) is 0 Å². The zero-order valence-corrected chi connectivity index (χ0v) is 14.1. The minimum Gasteiger partial charge on any atom is -0.481 e. The fourth-order valence-electron chi connectivity index (χ4n) is 2.67. The van der Waals surface area contributed by atoms with Crippen LogP contribution in [0.5, 0.6) is 0 Å². The smallest absolute Gasteiger partial charge is 0.303 e. The van der Waals surface area contributed by atoms with Gasteiger partial charge in [-0.25, -0.2) is 9.40 Å². The van der Waals surface area contributed by atoms with Crippen LogP contribution in [0.3, 0.4) is 0 Å². The van der Waals surface area contributed by atoms with Crippen LogP contribution in [-0.4, -0.2) is 22.0 Å². The summed E-state index contributed by atoms with van der Waals surface area (Å²) in [5.74, 6) is -1.45. The molecular formula is C18H17FN2O3S. The van der Waals surface area contributed by atoms with Crippen LogP contribution in [0.15, 0.2) is 47.9 Å². The Bertz CT molecular complexity index is 787. The van der Waals surface area contributed by atoms with Gasteiger partial charge in [0.2, 0.25) is 5.91 Å². The van der Waals surface area contributed by atoms with Gasteiger partial charge in [-0.3, -0.25) is 15.0 Å². The van der Waals surface area contributed by atoms with E-state index in [1.54, 1.807) is 23.5 Å². The number of nitrogens with zero attached hydrogens (tertiary/aromatic N) is 1. The standard InChI is InChI=1S/C18H17FN2O3S/c19-13-8-6-12(7-9-13)15-11-14(16-3-2-10-25-16)20-21(15)17(22)4-1-5-18(23)24/h2-3,6-11,15,20H,1,4-5H2,(H,23,24)/t15-/m0/s1. The van der Waals surface area contributed by atoms with Crippen molar-refractivity contribution in [2.24, 2.45) is 0 Å². The number of hydrogen-bond donors (Lipinski definition) is 2. The van der Waals surface area contributed by atoms with Gasteiger partial charge in [-0.2, -0.15) is 0 Å². The van der Waals surface area contributed by atoms with Crippen molar-refractivity contribution in [3.63, 3.8) is 0 Å². The number of carbonyl (C=O) groups is 2. The summed E-state index contributed by atoms with van der Waals surface area (Å²) in [4.78, 5) is 24.2. The molecule has 5 nitrogen and oxygen atoms in total. The average molecular weight is 360 g/mol. The van der Waals surface area contributed by atoms with Crippen molar-refractivity contribution in [3.05, 3.63) is 64.1 Å². The van der Waals surface area contributed by atoms with Crippen LogP contribution in [0.25, 0.3) is 5.70 Å². The summed E-state index contributed by atoms with van der Waals surface area (Å²) in [6, 6.07) is 9.52. The van der Waals surface area contributed by atoms with Gasteiger partial charge in [-0.1, -0.05) is 18.2 Å². The molecule has 2 aromatic rings. The molecule has 0 aliphatic carbocycles. The van der Waals surface area contributed by atoms with Gasteiger partial charge in [0.1, 0.15) is 5.82 Å². The molecule has 0 bridgehead atoms. The normalized spacial score (nSPS) is 16.4. The lowest BCUT2D eigenvalue weighted by Gasteiger charge is -2.25. The molecule has 1 aliphatic rings. The minimum atomic E-state index is -0.922. The Balaban J connectivity index is 1.81. The molecule has 0 saturated heterocycles. The lowest BCUT2D eigenvalue weighted by molar-refractivity contribution is -0.137. The Labute approximate surface area is 148 Å². The summed E-state index contributed by atoms with van der Waals surface area (Å²) in [5, 5.41) is 12.2. The zero-order chi connectivity index (χ0) is 17.8. The van der Waals surface area contributed by atoms with Gasteiger partial charge in [0.15, 0.2) is 0 Å². The first-order valence-electron chi connectivity index (χ1n) is 7.86. The van der Waals surface area contributed by atoms with Crippen LogP contribution < -0.4 is 5.43 Å². The second-order valence-electron chi connectivity index (χ2n) is 5.68. The van der Waals surface area contributed by atoms with E-state index in [-0.39, 0.29) is 37.0 Å². The van der Waals surface area contributed by atoms with E-state index in [9.17, 15) is 14.0 Å². The molecule has 1 aromatic carbocycles. The summed E-state index contributed by atoms with van der Waals surface area (Å²) >= 11 is 1.55. The van der Waals surface area contributed by atoms with Crippen molar-refractivity contribution in [2.45, 2.75) is 25.3 Å². The van der Waals surface area contributed by atoms with E-state index in [4.69, 9.17) is 5.11 Å². The van der Waals surface area contributed by atoms with Gasteiger partial charge in [0, 0.05) is 12.8 Å². The summed E-state index contributed by atoms with van der Waals surface area (Å²) in [6.07, 6.45) is 2.28. The molecule has 130 valence electrons. The molecule has 25 heavy (non-hydrogen) atoms. The lowest BCUT2D eigenvalue weighted by Crippen LogP contribution is -2.39. The van der Waals surface area contributed by atoms with Crippen LogP contribution in [0.1, 0.15) is 35.7 Å². The Morgan fingerprint density at radius 2 is 1.96 bits per heavy atom. The Morgan fingerprint density at radius 1 is 1.20 bits per heavy atom. The average Bonchev–Trinajstić information content (AvgIpc) is 3.24. The Morgan fingerprint density at radius 3 is 2.60 bits per heavy atom. The molecular weight excluding hydrogens is 343 g/mol. The van der Waals surface area contributed by atoms with E-state index in [1.165, 1.54) is 17.1 Å². The molecule has 2 N–H and O–H groups in total. The van der Waals surface area contributed by atoms with Crippen LogP contribution in [0, 0.1) is 5.82 Å². The molecule has 0 radical (unpaired) electrons. The zero-order valence-electron chi connectivity index (χ0n) is 13.3. The van der Waals surface area contributed by atoms with Crippen LogP contribution in [0.2, 0.25) is 0 Å². The van der Waals surface area contributed by atoms with Crippen molar-refractivity contribution < 1.29 is 19.1 Å². The number of rotatable bonds is 6. The Kier molecular flexibility index (Phi) is 5.14. The quantitative estimate of drug-likeness (QED) is 0.826. The fraction of sp³-hybridized carbons (Fsp3) is 0.222. The number of amides is 1. The molecule has 0 spiro atoms. The highest BCUT2D eigenvalue weighted by Gasteiger charge is 2.30. The van der Waals surface area contributed by atoms with Gasteiger partial charge in [0.25, 0.3) is 0 Å². The molecule has 0 unspecified atom stereocenters. The molecule has 1 aliphatic heterocycles. The van der Waals surface area contributed by atoms with Gasteiger partial charge in [-0.15, -0.1) is 11.3 Å². The Hall–Kier alpha value is -2.67. The first kappa shape index (κ1) is 17.2. The van der Waals surface area contributed by atoms with Crippen LogP contribution in [0.4, 0.5) is 4.39 Å². The summed E-state index contributed by atoms with van der Waals surface area (Å²) in [6.45, 7) is 0. The number of carboxylic acid groups (broad SMARTS) is 1. The largest absolute Gasteiger partial charge is 0.481 e. The van der Waals surface area contributed by atoms with Crippen molar-refractivity contribution >= 4 is 28.9 Å². The molecule has 7 heteroatoms. The number of thiophene rings is 1. The highest BCUT2D eigenvalue weighted by atomic mass is 32.1.